The SMILES string of the molecule is CC#CC(C)C(C)c1ccc(OC)c(Br)c1. The fourth-order valence-electron chi connectivity index (χ4n) is 1.61. The molecule has 1 rings (SSSR count). The first-order valence-electron chi connectivity index (χ1n) is 5.35. The molecule has 0 saturated heterocycles. The molecule has 1 nitrogen and oxygen atoms in total. The maximum atomic E-state index is 5.21. The first kappa shape index (κ1) is 13.1. The first-order valence-corrected chi connectivity index (χ1v) is 6.15. The van der Waals surface area contributed by atoms with E-state index in [9.17, 15) is 0 Å². The third kappa shape index (κ3) is 3.02. The Kier molecular flexibility index (Phi) is 4.89. The lowest BCUT2D eigenvalue weighted by Gasteiger charge is -2.16. The van der Waals surface area contributed by atoms with Gasteiger partial charge in [-0.2, -0.15) is 0 Å². The van der Waals surface area contributed by atoms with Crippen molar-refractivity contribution in [1.29, 1.82) is 0 Å². The van der Waals surface area contributed by atoms with Crippen LogP contribution in [0.5, 0.6) is 5.75 Å². The highest BCUT2D eigenvalue weighted by Gasteiger charge is 2.13. The van der Waals surface area contributed by atoms with E-state index in [1.165, 1.54) is 5.56 Å². The summed E-state index contributed by atoms with van der Waals surface area (Å²) >= 11 is 3.50. The van der Waals surface area contributed by atoms with Crippen molar-refractivity contribution in [2.45, 2.75) is 26.7 Å². The number of halogens is 1. The molecule has 0 fully saturated rings. The maximum absolute atomic E-state index is 5.21. The van der Waals surface area contributed by atoms with Gasteiger partial charge < -0.3 is 4.74 Å². The van der Waals surface area contributed by atoms with Crippen LogP contribution in [0.25, 0.3) is 0 Å². The molecule has 0 radical (unpaired) electrons. The van der Waals surface area contributed by atoms with E-state index in [-0.39, 0.29) is 0 Å². The Morgan fingerprint density at radius 2 is 2.00 bits per heavy atom. The van der Waals surface area contributed by atoms with E-state index in [1.54, 1.807) is 7.11 Å². The average Bonchev–Trinajstić information content (AvgIpc) is 2.28. The Labute approximate surface area is 106 Å². The van der Waals surface area contributed by atoms with Gasteiger partial charge in [-0.15, -0.1) is 5.92 Å². The molecule has 0 amide bonds. The zero-order chi connectivity index (χ0) is 12.1. The van der Waals surface area contributed by atoms with Crippen LogP contribution in [0.1, 0.15) is 32.3 Å². The molecule has 0 spiro atoms. The van der Waals surface area contributed by atoms with Gasteiger partial charge in [-0.1, -0.05) is 25.8 Å². The number of methoxy groups -OCH3 is 1. The van der Waals surface area contributed by atoms with Crippen molar-refractivity contribution in [3.05, 3.63) is 28.2 Å². The monoisotopic (exact) mass is 280 g/mol. The molecule has 0 aliphatic carbocycles. The Morgan fingerprint density at radius 3 is 2.50 bits per heavy atom. The summed E-state index contributed by atoms with van der Waals surface area (Å²) in [7, 11) is 1.67. The lowest BCUT2D eigenvalue weighted by atomic mass is 9.89. The van der Waals surface area contributed by atoms with Crippen LogP contribution in [0.4, 0.5) is 0 Å². The standard InChI is InChI=1S/C14H17BrO/c1-5-6-10(2)11(3)12-7-8-14(16-4)13(15)9-12/h7-11H,1-4H3. The summed E-state index contributed by atoms with van der Waals surface area (Å²) in [5, 5.41) is 0. The molecule has 2 heteroatoms. The molecular formula is C14H17BrO. The highest BCUT2D eigenvalue weighted by atomic mass is 79.9. The molecule has 2 atom stereocenters. The fourth-order valence-corrected chi connectivity index (χ4v) is 2.17. The van der Waals surface area contributed by atoms with Gasteiger partial charge in [-0.25, -0.2) is 0 Å². The van der Waals surface area contributed by atoms with Crippen LogP contribution in [0.2, 0.25) is 0 Å². The summed E-state index contributed by atoms with van der Waals surface area (Å²) < 4.78 is 6.21. The second-order valence-electron chi connectivity index (χ2n) is 3.87. The molecule has 0 aromatic heterocycles. The quantitative estimate of drug-likeness (QED) is 0.754. The van der Waals surface area contributed by atoms with E-state index in [1.807, 2.05) is 13.0 Å². The normalized spacial score (nSPS) is 13.6. The maximum Gasteiger partial charge on any atom is 0.133 e. The van der Waals surface area contributed by atoms with Crippen LogP contribution in [0, 0.1) is 17.8 Å². The second kappa shape index (κ2) is 5.96. The molecule has 0 aliphatic heterocycles. The molecule has 0 saturated carbocycles. The van der Waals surface area contributed by atoms with Crippen molar-refractivity contribution in [1.82, 2.24) is 0 Å². The van der Waals surface area contributed by atoms with E-state index in [4.69, 9.17) is 4.74 Å². The summed E-state index contributed by atoms with van der Waals surface area (Å²) in [4.78, 5) is 0. The number of hydrogen-bond acceptors (Lipinski definition) is 1. The first-order chi connectivity index (χ1) is 7.60. The van der Waals surface area contributed by atoms with Crippen molar-refractivity contribution in [3.8, 4) is 17.6 Å². The molecule has 0 N–H and O–H groups in total. The van der Waals surface area contributed by atoms with E-state index in [0.29, 0.717) is 11.8 Å². The topological polar surface area (TPSA) is 9.23 Å². The summed E-state index contributed by atoms with van der Waals surface area (Å²) in [6, 6.07) is 6.20. The van der Waals surface area contributed by atoms with Crippen LogP contribution in [0.3, 0.4) is 0 Å². The Morgan fingerprint density at radius 1 is 1.31 bits per heavy atom. The van der Waals surface area contributed by atoms with Crippen LogP contribution in [-0.4, -0.2) is 7.11 Å². The number of ether oxygens (including phenoxy) is 1. The largest absolute Gasteiger partial charge is 0.496 e. The van der Waals surface area contributed by atoms with Crippen molar-refractivity contribution >= 4 is 15.9 Å². The van der Waals surface area contributed by atoms with Crippen LogP contribution in [-0.2, 0) is 0 Å². The third-order valence-electron chi connectivity index (χ3n) is 2.82. The molecule has 0 heterocycles. The van der Waals surface area contributed by atoms with Gasteiger partial charge in [-0.3, -0.25) is 0 Å². The highest BCUT2D eigenvalue weighted by molar-refractivity contribution is 9.10. The van der Waals surface area contributed by atoms with Gasteiger partial charge in [-0.05, 0) is 46.5 Å². The predicted molar refractivity (Wildman–Crippen MR) is 71.7 cm³/mol. The minimum Gasteiger partial charge on any atom is -0.496 e. The number of benzene rings is 1. The number of hydrogen-bond donors (Lipinski definition) is 0. The van der Waals surface area contributed by atoms with Gasteiger partial charge in [0.2, 0.25) is 0 Å². The highest BCUT2D eigenvalue weighted by Crippen LogP contribution is 2.31. The summed E-state index contributed by atoms with van der Waals surface area (Å²) in [5.74, 6) is 7.82. The molecule has 0 bridgehead atoms. The Balaban J connectivity index is 2.95. The van der Waals surface area contributed by atoms with Crippen LogP contribution >= 0.6 is 15.9 Å². The van der Waals surface area contributed by atoms with Crippen molar-refractivity contribution < 1.29 is 4.74 Å². The predicted octanol–water partition coefficient (Wildman–Crippen LogP) is 4.22. The summed E-state index contributed by atoms with van der Waals surface area (Å²) in [5.41, 5.74) is 1.28. The molecule has 16 heavy (non-hydrogen) atoms. The Bertz CT molecular complexity index is 414. The molecule has 1 aromatic rings. The van der Waals surface area contributed by atoms with Crippen molar-refractivity contribution in [2.24, 2.45) is 5.92 Å². The molecule has 86 valence electrons. The van der Waals surface area contributed by atoms with Crippen molar-refractivity contribution in [3.63, 3.8) is 0 Å². The Hall–Kier alpha value is -0.940. The van der Waals surface area contributed by atoms with Crippen LogP contribution < -0.4 is 4.74 Å². The van der Waals surface area contributed by atoms with Gasteiger partial charge in [0.1, 0.15) is 5.75 Å². The van der Waals surface area contributed by atoms with E-state index >= 15 is 0 Å². The average molecular weight is 281 g/mol. The summed E-state index contributed by atoms with van der Waals surface area (Å²) in [6.07, 6.45) is 0. The van der Waals surface area contributed by atoms with Gasteiger partial charge in [0.15, 0.2) is 0 Å². The zero-order valence-corrected chi connectivity index (χ0v) is 11.8. The van der Waals surface area contributed by atoms with Crippen LogP contribution in [0.15, 0.2) is 22.7 Å². The number of rotatable bonds is 3. The van der Waals surface area contributed by atoms with E-state index in [0.717, 1.165) is 10.2 Å². The van der Waals surface area contributed by atoms with Gasteiger partial charge in [0.25, 0.3) is 0 Å². The second-order valence-corrected chi connectivity index (χ2v) is 4.72. The lowest BCUT2D eigenvalue weighted by molar-refractivity contribution is 0.411. The van der Waals surface area contributed by atoms with Gasteiger partial charge in [0.05, 0.1) is 11.6 Å². The molecule has 1 aromatic carbocycles. The lowest BCUT2D eigenvalue weighted by Crippen LogP contribution is -2.04. The van der Waals surface area contributed by atoms with E-state index < -0.39 is 0 Å². The van der Waals surface area contributed by atoms with E-state index in [2.05, 4.69) is 53.8 Å². The molecule has 0 aliphatic rings. The fraction of sp³-hybridized carbons (Fsp3) is 0.429. The zero-order valence-electron chi connectivity index (χ0n) is 10.2. The van der Waals surface area contributed by atoms with Crippen molar-refractivity contribution in [2.75, 3.05) is 7.11 Å². The third-order valence-corrected chi connectivity index (χ3v) is 3.44. The van der Waals surface area contributed by atoms with Gasteiger partial charge in [0, 0.05) is 5.92 Å². The van der Waals surface area contributed by atoms with Gasteiger partial charge >= 0.3 is 0 Å². The minimum absolute atomic E-state index is 0.366. The summed E-state index contributed by atoms with van der Waals surface area (Å²) in [6.45, 7) is 6.23. The minimum atomic E-state index is 0.366. The smallest absolute Gasteiger partial charge is 0.133 e. The molecular weight excluding hydrogens is 264 g/mol. The molecule has 2 unspecified atom stereocenters.